The average Bonchev–Trinajstić information content (AvgIpc) is 2.63. The van der Waals surface area contributed by atoms with Crippen molar-refractivity contribution in [2.75, 3.05) is 17.2 Å². The highest BCUT2D eigenvalue weighted by molar-refractivity contribution is 6.30. The summed E-state index contributed by atoms with van der Waals surface area (Å²) in [4.78, 5) is 8.45. The summed E-state index contributed by atoms with van der Waals surface area (Å²) in [7, 11) is 0. The molecule has 8 heteroatoms. The Kier molecular flexibility index (Phi) is 5.81. The van der Waals surface area contributed by atoms with Gasteiger partial charge in [-0.25, -0.2) is 4.98 Å². The Morgan fingerprint density at radius 1 is 0.926 bits per heavy atom. The van der Waals surface area contributed by atoms with Gasteiger partial charge in [0.05, 0.1) is 5.56 Å². The van der Waals surface area contributed by atoms with Crippen molar-refractivity contribution >= 4 is 29.1 Å². The van der Waals surface area contributed by atoms with Crippen molar-refractivity contribution in [1.29, 1.82) is 0 Å². The first-order valence-corrected chi connectivity index (χ1v) is 8.53. The number of anilines is 3. The van der Waals surface area contributed by atoms with Gasteiger partial charge in [-0.1, -0.05) is 23.7 Å². The Hall–Kier alpha value is -2.80. The zero-order valence-corrected chi connectivity index (χ0v) is 14.8. The number of hydrogen-bond donors (Lipinski definition) is 2. The first-order chi connectivity index (χ1) is 12.9. The molecule has 2 aromatic carbocycles. The third-order valence-electron chi connectivity index (χ3n) is 3.75. The molecule has 0 unspecified atom stereocenters. The molecule has 0 amide bonds. The van der Waals surface area contributed by atoms with Gasteiger partial charge in [-0.3, -0.25) is 0 Å². The Bertz CT molecular complexity index is 881. The molecule has 2 N–H and O–H groups in total. The summed E-state index contributed by atoms with van der Waals surface area (Å²) in [5.74, 6) is 0.916. The van der Waals surface area contributed by atoms with E-state index < -0.39 is 11.7 Å². The zero-order chi connectivity index (χ0) is 19.3. The van der Waals surface area contributed by atoms with Gasteiger partial charge in [-0.05, 0) is 54.4 Å². The summed E-state index contributed by atoms with van der Waals surface area (Å²) in [6.45, 7) is 0.630. The lowest BCUT2D eigenvalue weighted by Crippen LogP contribution is -2.08. The number of halogens is 4. The maximum absolute atomic E-state index is 12.6. The molecule has 0 atom stereocenters. The van der Waals surface area contributed by atoms with E-state index in [0.717, 1.165) is 24.1 Å². The molecule has 3 aromatic rings. The molecule has 0 aliphatic heterocycles. The number of nitrogens with zero attached hydrogens (tertiary/aromatic N) is 2. The van der Waals surface area contributed by atoms with Crippen molar-refractivity contribution in [3.63, 3.8) is 0 Å². The first-order valence-electron chi connectivity index (χ1n) is 8.16. The van der Waals surface area contributed by atoms with Crippen LogP contribution in [0.2, 0.25) is 5.02 Å². The van der Waals surface area contributed by atoms with Gasteiger partial charge in [0.25, 0.3) is 0 Å². The lowest BCUT2D eigenvalue weighted by atomic mass is 10.1. The third kappa shape index (κ3) is 5.59. The molecule has 0 aliphatic rings. The number of rotatable bonds is 6. The molecular formula is C19H16ClF3N4. The molecule has 0 radical (unpaired) electrons. The molecule has 27 heavy (non-hydrogen) atoms. The lowest BCUT2D eigenvalue weighted by molar-refractivity contribution is -0.137. The highest BCUT2D eigenvalue weighted by atomic mass is 35.5. The molecular weight excluding hydrogens is 377 g/mol. The van der Waals surface area contributed by atoms with E-state index in [1.165, 1.54) is 12.1 Å². The van der Waals surface area contributed by atoms with Gasteiger partial charge in [0.1, 0.15) is 5.82 Å². The summed E-state index contributed by atoms with van der Waals surface area (Å²) in [5, 5.41) is 6.77. The van der Waals surface area contributed by atoms with E-state index in [1.807, 2.05) is 24.3 Å². The van der Waals surface area contributed by atoms with E-state index >= 15 is 0 Å². The maximum atomic E-state index is 12.6. The van der Waals surface area contributed by atoms with Crippen molar-refractivity contribution in [2.45, 2.75) is 12.6 Å². The minimum atomic E-state index is -4.35. The van der Waals surface area contributed by atoms with Crippen LogP contribution in [0.3, 0.4) is 0 Å². The first kappa shape index (κ1) is 19.0. The van der Waals surface area contributed by atoms with Gasteiger partial charge in [-0.15, -0.1) is 0 Å². The fourth-order valence-electron chi connectivity index (χ4n) is 2.37. The average molecular weight is 393 g/mol. The molecule has 3 rings (SSSR count). The van der Waals surface area contributed by atoms with Crippen LogP contribution in [0.4, 0.5) is 30.6 Å². The van der Waals surface area contributed by atoms with Gasteiger partial charge in [0.2, 0.25) is 5.95 Å². The molecule has 4 nitrogen and oxygen atoms in total. The van der Waals surface area contributed by atoms with Crippen molar-refractivity contribution in [3.8, 4) is 0 Å². The predicted molar refractivity (Wildman–Crippen MR) is 100 cm³/mol. The standard InChI is InChI=1S/C19H16ClF3N4/c20-15-5-1-13(2-6-15)9-11-24-18-25-12-10-17(27-18)26-16-7-3-14(4-8-16)19(21,22)23/h1-8,10,12H,9,11H2,(H2,24,25,26,27). The molecule has 1 heterocycles. The zero-order valence-electron chi connectivity index (χ0n) is 14.1. The van der Waals surface area contributed by atoms with Crippen LogP contribution in [0.25, 0.3) is 0 Å². The Morgan fingerprint density at radius 2 is 1.63 bits per heavy atom. The minimum absolute atomic E-state index is 0.431. The largest absolute Gasteiger partial charge is 0.416 e. The molecule has 0 fully saturated rings. The van der Waals surface area contributed by atoms with Crippen LogP contribution in [-0.4, -0.2) is 16.5 Å². The van der Waals surface area contributed by atoms with E-state index in [1.54, 1.807) is 12.3 Å². The number of benzene rings is 2. The van der Waals surface area contributed by atoms with Crippen molar-refractivity contribution in [3.05, 3.63) is 76.9 Å². The minimum Gasteiger partial charge on any atom is -0.354 e. The van der Waals surface area contributed by atoms with Crippen molar-refractivity contribution < 1.29 is 13.2 Å². The molecule has 1 aromatic heterocycles. The highest BCUT2D eigenvalue weighted by Gasteiger charge is 2.29. The molecule has 140 valence electrons. The molecule has 0 saturated heterocycles. The SMILES string of the molecule is FC(F)(F)c1ccc(Nc2ccnc(NCCc3ccc(Cl)cc3)n2)cc1. The summed E-state index contributed by atoms with van der Waals surface area (Å²) >= 11 is 5.86. The summed E-state index contributed by atoms with van der Waals surface area (Å²) in [5.41, 5.74) is 0.944. The van der Waals surface area contributed by atoms with Crippen LogP contribution in [0, 0.1) is 0 Å². The normalized spacial score (nSPS) is 11.3. The Balaban J connectivity index is 1.57. The van der Waals surface area contributed by atoms with E-state index in [2.05, 4.69) is 20.6 Å². The highest BCUT2D eigenvalue weighted by Crippen LogP contribution is 2.30. The van der Waals surface area contributed by atoms with Crippen LogP contribution >= 0.6 is 11.6 Å². The molecule has 0 saturated carbocycles. The van der Waals surface area contributed by atoms with Gasteiger partial charge in [-0.2, -0.15) is 18.2 Å². The van der Waals surface area contributed by atoms with Crippen LogP contribution in [0.5, 0.6) is 0 Å². The van der Waals surface area contributed by atoms with Crippen LogP contribution < -0.4 is 10.6 Å². The van der Waals surface area contributed by atoms with E-state index in [9.17, 15) is 13.2 Å². The second kappa shape index (κ2) is 8.26. The molecule has 0 aliphatic carbocycles. The molecule has 0 bridgehead atoms. The summed E-state index contributed by atoms with van der Waals surface area (Å²) in [6, 6.07) is 14.0. The Morgan fingerprint density at radius 3 is 2.30 bits per heavy atom. The molecule has 0 spiro atoms. The van der Waals surface area contributed by atoms with E-state index in [0.29, 0.717) is 29.0 Å². The summed E-state index contributed by atoms with van der Waals surface area (Å²) < 4.78 is 37.8. The van der Waals surface area contributed by atoms with Crippen molar-refractivity contribution in [2.24, 2.45) is 0 Å². The van der Waals surface area contributed by atoms with Crippen LogP contribution in [-0.2, 0) is 12.6 Å². The lowest BCUT2D eigenvalue weighted by Gasteiger charge is -2.10. The second-order valence-corrected chi connectivity index (χ2v) is 6.21. The van der Waals surface area contributed by atoms with Gasteiger partial charge in [0.15, 0.2) is 0 Å². The smallest absolute Gasteiger partial charge is 0.354 e. The fourth-order valence-corrected chi connectivity index (χ4v) is 2.50. The summed E-state index contributed by atoms with van der Waals surface area (Å²) in [6.07, 6.45) is -2.00. The quantitative estimate of drug-likeness (QED) is 0.577. The number of alkyl halides is 3. The van der Waals surface area contributed by atoms with Gasteiger partial charge < -0.3 is 10.6 Å². The number of aromatic nitrogens is 2. The monoisotopic (exact) mass is 392 g/mol. The maximum Gasteiger partial charge on any atom is 0.416 e. The fraction of sp³-hybridized carbons (Fsp3) is 0.158. The topological polar surface area (TPSA) is 49.8 Å². The van der Waals surface area contributed by atoms with E-state index in [-0.39, 0.29) is 0 Å². The van der Waals surface area contributed by atoms with Gasteiger partial charge in [0, 0.05) is 23.5 Å². The van der Waals surface area contributed by atoms with E-state index in [4.69, 9.17) is 11.6 Å². The number of nitrogens with one attached hydrogen (secondary N) is 2. The second-order valence-electron chi connectivity index (χ2n) is 5.77. The third-order valence-corrected chi connectivity index (χ3v) is 4.00. The van der Waals surface area contributed by atoms with Crippen LogP contribution in [0.1, 0.15) is 11.1 Å². The number of hydrogen-bond acceptors (Lipinski definition) is 4. The van der Waals surface area contributed by atoms with Crippen LogP contribution in [0.15, 0.2) is 60.8 Å². The van der Waals surface area contributed by atoms with Crippen molar-refractivity contribution in [1.82, 2.24) is 9.97 Å². The Labute approximate surface area is 159 Å². The van der Waals surface area contributed by atoms with Gasteiger partial charge >= 0.3 is 6.18 Å². The predicted octanol–water partition coefficient (Wildman–Crippen LogP) is 5.55.